The molecule has 0 unspecified atom stereocenters. The number of carbonyl (C=O) groups excluding carboxylic acids is 1. The molecule has 3 rings (SSSR count). The molecule has 0 aliphatic heterocycles. The number of carbonyl (C=O) groups is 1. The number of para-hydroxylation sites is 1. The number of ether oxygens (including phenoxy) is 1. The summed E-state index contributed by atoms with van der Waals surface area (Å²) in [5.41, 5.74) is 2.23. The Labute approximate surface area is 149 Å². The minimum atomic E-state index is 0.0466. The molecule has 1 aromatic heterocycles. The molecule has 1 fully saturated rings. The van der Waals surface area contributed by atoms with Crippen molar-refractivity contribution in [2.45, 2.75) is 51.6 Å². The van der Waals surface area contributed by atoms with Gasteiger partial charge in [0.2, 0.25) is 0 Å². The van der Waals surface area contributed by atoms with Gasteiger partial charge in [-0.15, -0.1) is 0 Å². The summed E-state index contributed by atoms with van der Waals surface area (Å²) in [6.07, 6.45) is 6.78. The first-order valence-corrected chi connectivity index (χ1v) is 9.09. The summed E-state index contributed by atoms with van der Waals surface area (Å²) in [4.78, 5) is 18.8. The van der Waals surface area contributed by atoms with Crippen LogP contribution in [0.15, 0.2) is 48.8 Å². The Kier molecular flexibility index (Phi) is 5.69. The Morgan fingerprint density at radius 1 is 1.28 bits per heavy atom. The number of benzene rings is 1. The Hall–Kier alpha value is -2.36. The molecule has 4 nitrogen and oxygen atoms in total. The molecule has 2 aromatic rings. The van der Waals surface area contributed by atoms with Crippen LogP contribution in [0.2, 0.25) is 0 Å². The first-order chi connectivity index (χ1) is 12.2. The van der Waals surface area contributed by atoms with Crippen LogP contribution in [-0.4, -0.2) is 28.4 Å². The largest absolute Gasteiger partial charge is 0.483 e. The predicted octanol–water partition coefficient (Wildman–Crippen LogP) is 4.17. The summed E-state index contributed by atoms with van der Waals surface area (Å²) in [6.45, 7) is 5.04. The zero-order valence-electron chi connectivity index (χ0n) is 15.0. The molecule has 0 bridgehead atoms. The van der Waals surface area contributed by atoms with Crippen molar-refractivity contribution in [3.63, 3.8) is 0 Å². The van der Waals surface area contributed by atoms with E-state index in [4.69, 9.17) is 4.74 Å². The highest BCUT2D eigenvalue weighted by Gasteiger charge is 2.32. The first-order valence-electron chi connectivity index (χ1n) is 9.09. The molecule has 1 amide bonds. The standard InChI is InChI=1S/C21H26N2O2/c1-3-16(2)19-8-4-5-9-20(19)25-15-21(24)23(18-10-11-18)14-17-7-6-12-22-13-17/h4-9,12-13,16,18H,3,10-11,14-15H2,1-2H3/t16-/m0/s1. The summed E-state index contributed by atoms with van der Waals surface area (Å²) >= 11 is 0. The van der Waals surface area contributed by atoms with Crippen LogP contribution in [0.3, 0.4) is 0 Å². The van der Waals surface area contributed by atoms with E-state index in [1.54, 1.807) is 6.20 Å². The van der Waals surface area contributed by atoms with Crippen LogP contribution in [0.5, 0.6) is 5.75 Å². The number of hydrogen-bond acceptors (Lipinski definition) is 3. The minimum Gasteiger partial charge on any atom is -0.483 e. The number of pyridine rings is 1. The molecule has 132 valence electrons. The lowest BCUT2D eigenvalue weighted by molar-refractivity contribution is -0.134. The minimum absolute atomic E-state index is 0.0466. The van der Waals surface area contributed by atoms with Crippen molar-refractivity contribution in [3.8, 4) is 5.75 Å². The van der Waals surface area contributed by atoms with E-state index in [9.17, 15) is 4.79 Å². The van der Waals surface area contributed by atoms with Crippen LogP contribution < -0.4 is 4.74 Å². The molecule has 1 aliphatic rings. The van der Waals surface area contributed by atoms with Gasteiger partial charge in [0.1, 0.15) is 5.75 Å². The van der Waals surface area contributed by atoms with Gasteiger partial charge in [-0.1, -0.05) is 38.1 Å². The van der Waals surface area contributed by atoms with E-state index in [1.807, 2.05) is 41.4 Å². The molecule has 0 spiro atoms. The zero-order valence-corrected chi connectivity index (χ0v) is 15.0. The average molecular weight is 338 g/mol. The molecule has 0 radical (unpaired) electrons. The summed E-state index contributed by atoms with van der Waals surface area (Å²) in [5.74, 6) is 1.29. The fourth-order valence-electron chi connectivity index (χ4n) is 2.96. The topological polar surface area (TPSA) is 42.4 Å². The third kappa shape index (κ3) is 4.59. The Morgan fingerprint density at radius 2 is 2.08 bits per heavy atom. The van der Waals surface area contributed by atoms with Crippen molar-refractivity contribution in [3.05, 3.63) is 59.9 Å². The maximum absolute atomic E-state index is 12.7. The second-order valence-electron chi connectivity index (χ2n) is 6.75. The van der Waals surface area contributed by atoms with Crippen molar-refractivity contribution in [1.29, 1.82) is 0 Å². The van der Waals surface area contributed by atoms with Gasteiger partial charge in [0.15, 0.2) is 6.61 Å². The summed E-state index contributed by atoms with van der Waals surface area (Å²) in [5, 5.41) is 0. The van der Waals surface area contributed by atoms with Crippen molar-refractivity contribution in [1.82, 2.24) is 9.88 Å². The average Bonchev–Trinajstić information content (AvgIpc) is 3.49. The van der Waals surface area contributed by atoms with Crippen LogP contribution in [0, 0.1) is 0 Å². The zero-order chi connectivity index (χ0) is 17.6. The van der Waals surface area contributed by atoms with E-state index in [1.165, 1.54) is 5.56 Å². The van der Waals surface area contributed by atoms with Gasteiger partial charge in [-0.2, -0.15) is 0 Å². The third-order valence-corrected chi connectivity index (χ3v) is 4.80. The Bertz CT molecular complexity index is 698. The highest BCUT2D eigenvalue weighted by Crippen LogP contribution is 2.30. The molecule has 0 N–H and O–H groups in total. The lowest BCUT2D eigenvalue weighted by atomic mass is 9.98. The van der Waals surface area contributed by atoms with E-state index in [0.29, 0.717) is 18.5 Å². The smallest absolute Gasteiger partial charge is 0.261 e. The first kappa shape index (κ1) is 17.5. The molecule has 25 heavy (non-hydrogen) atoms. The van der Waals surface area contributed by atoms with Crippen LogP contribution >= 0.6 is 0 Å². The highest BCUT2D eigenvalue weighted by molar-refractivity contribution is 5.78. The summed E-state index contributed by atoms with van der Waals surface area (Å²) < 4.78 is 5.91. The lowest BCUT2D eigenvalue weighted by Crippen LogP contribution is -2.36. The number of nitrogens with zero attached hydrogens (tertiary/aromatic N) is 2. The van der Waals surface area contributed by atoms with Crippen LogP contribution in [-0.2, 0) is 11.3 Å². The molecule has 4 heteroatoms. The quantitative estimate of drug-likeness (QED) is 0.725. The van der Waals surface area contributed by atoms with Gasteiger partial charge in [0.05, 0.1) is 0 Å². The highest BCUT2D eigenvalue weighted by atomic mass is 16.5. The van der Waals surface area contributed by atoms with Crippen molar-refractivity contribution >= 4 is 5.91 Å². The second-order valence-corrected chi connectivity index (χ2v) is 6.75. The van der Waals surface area contributed by atoms with Gasteiger partial charge >= 0.3 is 0 Å². The normalized spacial score (nSPS) is 14.8. The molecule has 1 saturated carbocycles. The number of aromatic nitrogens is 1. The van der Waals surface area contributed by atoms with E-state index in [0.717, 1.165) is 30.6 Å². The maximum Gasteiger partial charge on any atom is 0.261 e. The van der Waals surface area contributed by atoms with E-state index in [-0.39, 0.29) is 12.5 Å². The van der Waals surface area contributed by atoms with Gasteiger partial charge in [-0.3, -0.25) is 9.78 Å². The predicted molar refractivity (Wildman–Crippen MR) is 98.5 cm³/mol. The van der Waals surface area contributed by atoms with Gasteiger partial charge < -0.3 is 9.64 Å². The molecule has 1 atom stereocenters. The molecular formula is C21H26N2O2. The van der Waals surface area contributed by atoms with Crippen LogP contribution in [0.1, 0.15) is 50.2 Å². The second kappa shape index (κ2) is 8.15. The number of amides is 1. The van der Waals surface area contributed by atoms with Gasteiger partial charge in [0, 0.05) is 25.0 Å². The van der Waals surface area contributed by atoms with Gasteiger partial charge in [-0.05, 0) is 48.4 Å². The van der Waals surface area contributed by atoms with E-state index >= 15 is 0 Å². The molecule has 1 aromatic carbocycles. The van der Waals surface area contributed by atoms with Crippen molar-refractivity contribution < 1.29 is 9.53 Å². The molecule has 1 heterocycles. The monoisotopic (exact) mass is 338 g/mol. The Morgan fingerprint density at radius 3 is 2.76 bits per heavy atom. The Balaban J connectivity index is 1.65. The van der Waals surface area contributed by atoms with E-state index in [2.05, 4.69) is 24.9 Å². The number of hydrogen-bond donors (Lipinski definition) is 0. The van der Waals surface area contributed by atoms with Crippen LogP contribution in [0.25, 0.3) is 0 Å². The van der Waals surface area contributed by atoms with Crippen LogP contribution in [0.4, 0.5) is 0 Å². The fraction of sp³-hybridized carbons (Fsp3) is 0.429. The summed E-state index contributed by atoms with van der Waals surface area (Å²) in [6, 6.07) is 12.3. The van der Waals surface area contributed by atoms with E-state index < -0.39 is 0 Å². The molecule has 0 saturated heterocycles. The third-order valence-electron chi connectivity index (χ3n) is 4.80. The molecule has 1 aliphatic carbocycles. The van der Waals surface area contributed by atoms with Gasteiger partial charge in [0.25, 0.3) is 5.91 Å². The molecular weight excluding hydrogens is 312 g/mol. The van der Waals surface area contributed by atoms with Crippen molar-refractivity contribution in [2.75, 3.05) is 6.61 Å². The number of rotatable bonds is 8. The maximum atomic E-state index is 12.7. The SMILES string of the molecule is CC[C@H](C)c1ccccc1OCC(=O)N(Cc1cccnc1)C1CC1. The lowest BCUT2D eigenvalue weighted by Gasteiger charge is -2.23. The summed E-state index contributed by atoms with van der Waals surface area (Å²) in [7, 11) is 0. The van der Waals surface area contributed by atoms with Gasteiger partial charge in [-0.25, -0.2) is 0 Å². The van der Waals surface area contributed by atoms with Crippen molar-refractivity contribution in [2.24, 2.45) is 0 Å². The fourth-order valence-corrected chi connectivity index (χ4v) is 2.96.